The maximum Gasteiger partial charge on any atom is 0.283 e. The van der Waals surface area contributed by atoms with Gasteiger partial charge in [0.1, 0.15) is 23.9 Å². The summed E-state index contributed by atoms with van der Waals surface area (Å²) in [5, 5.41) is 0.109. The summed E-state index contributed by atoms with van der Waals surface area (Å²) < 4.78 is 34.9. The maximum atomic E-state index is 13.0. The fourth-order valence-corrected chi connectivity index (χ4v) is 4.60. The minimum absolute atomic E-state index is 0.109. The van der Waals surface area contributed by atoms with Crippen LogP contribution in [0.5, 0.6) is 5.75 Å². The topological polar surface area (TPSA) is 77.3 Å². The van der Waals surface area contributed by atoms with E-state index in [-0.39, 0.29) is 17.6 Å². The molecule has 0 radical (unpaired) electrons. The molecular weight excluding hydrogens is 316 g/mol. The summed E-state index contributed by atoms with van der Waals surface area (Å²) in [6, 6.07) is 1.96. The summed E-state index contributed by atoms with van der Waals surface area (Å²) in [5.74, 6) is 1.38. The number of anilines is 1. The van der Waals surface area contributed by atoms with E-state index in [1.54, 1.807) is 18.5 Å². The minimum Gasteiger partial charge on any atom is -0.489 e. The van der Waals surface area contributed by atoms with Gasteiger partial charge in [-0.2, -0.15) is 8.42 Å². The number of pyridine rings is 1. The first-order valence-electron chi connectivity index (χ1n) is 7.74. The molecule has 2 aliphatic rings. The van der Waals surface area contributed by atoms with E-state index in [9.17, 15) is 8.42 Å². The van der Waals surface area contributed by atoms with E-state index < -0.39 is 10.0 Å². The predicted octanol–water partition coefficient (Wildman–Crippen LogP) is 1.76. The molecule has 0 unspecified atom stereocenters. The molecule has 8 heteroatoms. The quantitative estimate of drug-likeness (QED) is 0.836. The van der Waals surface area contributed by atoms with Crippen molar-refractivity contribution in [3.8, 4) is 5.75 Å². The standard InChI is InChI=1S/C15H18N4O3S/c1-11-3-2-4-14-17-15(10-18(11)14)23(20,21)19-7-8-22-13-5-6-16-9-12(13)19/h5-6,9-11H,2-4,7-8H2,1H3/t11-/m1/s1. The molecule has 0 N–H and O–H groups in total. The minimum atomic E-state index is -3.71. The molecule has 0 saturated carbocycles. The number of sulfonamides is 1. The van der Waals surface area contributed by atoms with Gasteiger partial charge in [0, 0.05) is 30.9 Å². The third-order valence-electron chi connectivity index (χ3n) is 4.42. The molecule has 2 aromatic heterocycles. The average molecular weight is 334 g/mol. The van der Waals surface area contributed by atoms with Crippen LogP contribution >= 0.6 is 0 Å². The van der Waals surface area contributed by atoms with Gasteiger partial charge in [-0.1, -0.05) is 0 Å². The highest BCUT2D eigenvalue weighted by molar-refractivity contribution is 7.92. The first-order chi connectivity index (χ1) is 11.1. The van der Waals surface area contributed by atoms with Crippen molar-refractivity contribution in [3.05, 3.63) is 30.5 Å². The van der Waals surface area contributed by atoms with E-state index in [4.69, 9.17) is 4.74 Å². The number of aryl methyl sites for hydroxylation is 1. The fraction of sp³-hybridized carbons (Fsp3) is 0.467. The van der Waals surface area contributed by atoms with Crippen LogP contribution in [0.25, 0.3) is 0 Å². The van der Waals surface area contributed by atoms with E-state index in [2.05, 4.69) is 16.9 Å². The predicted molar refractivity (Wildman–Crippen MR) is 84.1 cm³/mol. The molecule has 0 amide bonds. The number of rotatable bonds is 2. The molecule has 23 heavy (non-hydrogen) atoms. The lowest BCUT2D eigenvalue weighted by Crippen LogP contribution is -2.38. The van der Waals surface area contributed by atoms with Gasteiger partial charge in [-0.15, -0.1) is 0 Å². The van der Waals surface area contributed by atoms with Gasteiger partial charge in [-0.05, 0) is 19.8 Å². The van der Waals surface area contributed by atoms with E-state index in [1.807, 2.05) is 4.57 Å². The molecule has 0 bridgehead atoms. The average Bonchev–Trinajstić information content (AvgIpc) is 3.01. The summed E-state index contributed by atoms with van der Waals surface area (Å²) in [4.78, 5) is 8.41. The highest BCUT2D eigenvalue weighted by atomic mass is 32.2. The maximum absolute atomic E-state index is 13.0. The molecule has 0 fully saturated rings. The van der Waals surface area contributed by atoms with Crippen molar-refractivity contribution in [2.24, 2.45) is 0 Å². The van der Waals surface area contributed by atoms with Crippen molar-refractivity contribution >= 4 is 15.7 Å². The number of nitrogens with zero attached hydrogens (tertiary/aromatic N) is 4. The van der Waals surface area contributed by atoms with E-state index >= 15 is 0 Å². The van der Waals surface area contributed by atoms with Crippen LogP contribution in [0.4, 0.5) is 5.69 Å². The van der Waals surface area contributed by atoms with Gasteiger partial charge in [0.2, 0.25) is 0 Å². The molecule has 122 valence electrons. The van der Waals surface area contributed by atoms with Crippen LogP contribution in [0, 0.1) is 0 Å². The van der Waals surface area contributed by atoms with Crippen LogP contribution in [0.2, 0.25) is 0 Å². The van der Waals surface area contributed by atoms with Gasteiger partial charge >= 0.3 is 0 Å². The second kappa shape index (κ2) is 5.23. The Balaban J connectivity index is 1.77. The van der Waals surface area contributed by atoms with Crippen molar-refractivity contribution in [1.82, 2.24) is 14.5 Å². The number of hydrogen-bond donors (Lipinski definition) is 0. The van der Waals surface area contributed by atoms with Crippen molar-refractivity contribution in [1.29, 1.82) is 0 Å². The van der Waals surface area contributed by atoms with Gasteiger partial charge in [-0.3, -0.25) is 9.29 Å². The Morgan fingerprint density at radius 2 is 2.26 bits per heavy atom. The van der Waals surface area contributed by atoms with Crippen LogP contribution in [-0.2, 0) is 16.4 Å². The molecule has 0 aliphatic carbocycles. The Labute approximate surface area is 135 Å². The molecule has 2 aromatic rings. The van der Waals surface area contributed by atoms with Gasteiger partial charge < -0.3 is 9.30 Å². The first-order valence-corrected chi connectivity index (χ1v) is 9.18. The van der Waals surface area contributed by atoms with Gasteiger partial charge in [0.25, 0.3) is 10.0 Å². The van der Waals surface area contributed by atoms with Crippen molar-refractivity contribution in [2.75, 3.05) is 17.5 Å². The zero-order valence-corrected chi connectivity index (χ0v) is 13.7. The molecule has 7 nitrogen and oxygen atoms in total. The molecule has 0 spiro atoms. The SMILES string of the molecule is C[C@@H]1CCCc2nc(S(=O)(=O)N3CCOc4ccncc43)cn21. The number of fused-ring (bicyclic) bond motifs is 2. The van der Waals surface area contributed by atoms with Crippen LogP contribution in [0.15, 0.2) is 29.7 Å². The normalized spacial score (nSPS) is 20.6. The Bertz CT molecular complexity index is 846. The number of ether oxygens (including phenoxy) is 1. The lowest BCUT2D eigenvalue weighted by atomic mass is 10.1. The zero-order valence-electron chi connectivity index (χ0n) is 12.8. The molecule has 1 atom stereocenters. The Morgan fingerprint density at radius 1 is 1.39 bits per heavy atom. The van der Waals surface area contributed by atoms with E-state index in [0.717, 1.165) is 25.1 Å². The molecular formula is C15H18N4O3S. The Morgan fingerprint density at radius 3 is 3.09 bits per heavy atom. The number of aromatic nitrogens is 3. The van der Waals surface area contributed by atoms with E-state index in [1.165, 1.54) is 10.5 Å². The molecule has 2 aliphatic heterocycles. The van der Waals surface area contributed by atoms with E-state index in [0.29, 0.717) is 18.0 Å². The second-order valence-corrected chi connectivity index (χ2v) is 7.72. The summed E-state index contributed by atoms with van der Waals surface area (Å²) >= 11 is 0. The summed E-state index contributed by atoms with van der Waals surface area (Å²) in [6.07, 6.45) is 7.69. The van der Waals surface area contributed by atoms with Crippen molar-refractivity contribution in [3.63, 3.8) is 0 Å². The summed E-state index contributed by atoms with van der Waals surface area (Å²) in [5.41, 5.74) is 0.470. The summed E-state index contributed by atoms with van der Waals surface area (Å²) in [7, 11) is -3.71. The monoisotopic (exact) mass is 334 g/mol. The largest absolute Gasteiger partial charge is 0.489 e. The third-order valence-corrected chi connectivity index (χ3v) is 6.11. The smallest absolute Gasteiger partial charge is 0.283 e. The van der Waals surface area contributed by atoms with Crippen LogP contribution in [0.1, 0.15) is 31.6 Å². The lowest BCUT2D eigenvalue weighted by Gasteiger charge is -2.29. The lowest BCUT2D eigenvalue weighted by molar-refractivity contribution is 0.315. The summed E-state index contributed by atoms with van der Waals surface area (Å²) in [6.45, 7) is 2.67. The van der Waals surface area contributed by atoms with Gasteiger partial charge in [-0.25, -0.2) is 4.98 Å². The zero-order chi connectivity index (χ0) is 16.0. The second-order valence-electron chi connectivity index (χ2n) is 5.91. The van der Waals surface area contributed by atoms with Crippen LogP contribution in [-0.4, -0.2) is 36.1 Å². The highest BCUT2D eigenvalue weighted by Gasteiger charge is 2.33. The van der Waals surface area contributed by atoms with Gasteiger partial charge in [0.15, 0.2) is 5.03 Å². The molecule has 4 rings (SSSR count). The molecule has 0 aromatic carbocycles. The highest BCUT2D eigenvalue weighted by Crippen LogP contribution is 2.34. The first kappa shape index (κ1) is 14.5. The van der Waals surface area contributed by atoms with Crippen LogP contribution in [0.3, 0.4) is 0 Å². The molecule has 4 heterocycles. The Hall–Kier alpha value is -2.09. The third kappa shape index (κ3) is 2.28. The number of hydrogen-bond acceptors (Lipinski definition) is 5. The Kier molecular flexibility index (Phi) is 3.29. The number of imidazole rings is 1. The van der Waals surface area contributed by atoms with Crippen molar-refractivity contribution in [2.45, 2.75) is 37.3 Å². The van der Waals surface area contributed by atoms with Gasteiger partial charge in [0.05, 0.1) is 12.7 Å². The van der Waals surface area contributed by atoms with Crippen LogP contribution < -0.4 is 9.04 Å². The molecule has 0 saturated heterocycles. The van der Waals surface area contributed by atoms with Crippen molar-refractivity contribution < 1.29 is 13.2 Å². The fourth-order valence-electron chi connectivity index (χ4n) is 3.20.